The van der Waals surface area contributed by atoms with Crippen LogP contribution in [0.2, 0.25) is 0 Å². The maximum absolute atomic E-state index is 13.3. The SMILES string of the molecule is CCC[C@@H]1C=C[C@H]2[C@@H](C(=O)N([C@H](C)CO)[C@@H]2C(=O)NC(C)C)[C@@H]1C(=O)NC. The summed E-state index contributed by atoms with van der Waals surface area (Å²) in [6, 6.07) is -1.26. The molecule has 1 aliphatic heterocycles. The predicted octanol–water partition coefficient (Wildman–Crippen LogP) is 0.683. The molecule has 0 aromatic carbocycles. The molecule has 0 spiro atoms. The van der Waals surface area contributed by atoms with E-state index >= 15 is 0 Å². The van der Waals surface area contributed by atoms with E-state index in [0.717, 1.165) is 12.8 Å². The van der Waals surface area contributed by atoms with Crippen molar-refractivity contribution >= 4 is 17.7 Å². The highest BCUT2D eigenvalue weighted by atomic mass is 16.3. The standard InChI is InChI=1S/C20H33N3O4/c1-6-7-13-8-9-14-16(15(13)18(25)21-5)20(27)23(12(4)10-24)17(14)19(26)22-11(2)3/h8-9,11-17,24H,6-7,10H2,1-5H3,(H,21,25)(H,22,26)/t12-,13-,14+,15-,16-,17+/m1/s1. The van der Waals surface area contributed by atoms with E-state index in [4.69, 9.17) is 0 Å². The van der Waals surface area contributed by atoms with Crippen LogP contribution in [0, 0.1) is 23.7 Å². The molecule has 2 aliphatic rings. The highest BCUT2D eigenvalue weighted by Crippen LogP contribution is 2.45. The van der Waals surface area contributed by atoms with Gasteiger partial charge in [-0.2, -0.15) is 0 Å². The number of carbonyl (C=O) groups is 3. The molecule has 1 saturated heterocycles. The lowest BCUT2D eigenvalue weighted by Gasteiger charge is -2.34. The van der Waals surface area contributed by atoms with Crippen LogP contribution in [0.1, 0.15) is 40.5 Å². The van der Waals surface area contributed by atoms with Gasteiger partial charge in [0.25, 0.3) is 0 Å². The maximum Gasteiger partial charge on any atom is 0.243 e. The molecule has 3 amide bonds. The van der Waals surface area contributed by atoms with Gasteiger partial charge in [0.2, 0.25) is 17.7 Å². The molecular weight excluding hydrogens is 346 g/mol. The summed E-state index contributed by atoms with van der Waals surface area (Å²) < 4.78 is 0. The van der Waals surface area contributed by atoms with Gasteiger partial charge in [-0.25, -0.2) is 0 Å². The van der Waals surface area contributed by atoms with Crippen LogP contribution in [-0.2, 0) is 14.4 Å². The quantitative estimate of drug-likeness (QED) is 0.567. The fourth-order valence-electron chi connectivity index (χ4n) is 4.51. The van der Waals surface area contributed by atoms with Gasteiger partial charge in [0.05, 0.1) is 24.5 Å². The summed E-state index contributed by atoms with van der Waals surface area (Å²) in [6.07, 6.45) is 5.66. The average molecular weight is 380 g/mol. The van der Waals surface area contributed by atoms with Crippen LogP contribution in [0.5, 0.6) is 0 Å². The zero-order chi connectivity index (χ0) is 20.3. The molecule has 1 aliphatic carbocycles. The number of nitrogens with zero attached hydrogens (tertiary/aromatic N) is 1. The maximum atomic E-state index is 13.3. The monoisotopic (exact) mass is 379 g/mol. The summed E-state index contributed by atoms with van der Waals surface area (Å²) in [5.41, 5.74) is 0. The molecule has 152 valence electrons. The van der Waals surface area contributed by atoms with Crippen molar-refractivity contribution in [2.24, 2.45) is 23.7 Å². The molecule has 0 aromatic heterocycles. The van der Waals surface area contributed by atoms with E-state index < -0.39 is 23.9 Å². The molecular formula is C20H33N3O4. The molecule has 0 unspecified atom stereocenters. The summed E-state index contributed by atoms with van der Waals surface area (Å²) in [6.45, 7) is 7.29. The predicted molar refractivity (Wildman–Crippen MR) is 103 cm³/mol. The second-order valence-corrected chi connectivity index (χ2v) is 7.97. The number of nitrogens with one attached hydrogen (secondary N) is 2. The number of carbonyl (C=O) groups excluding carboxylic acids is 3. The number of amides is 3. The molecule has 1 fully saturated rings. The summed E-state index contributed by atoms with van der Waals surface area (Å²) in [5, 5.41) is 15.3. The van der Waals surface area contributed by atoms with E-state index in [-0.39, 0.29) is 42.2 Å². The smallest absolute Gasteiger partial charge is 0.243 e. The van der Waals surface area contributed by atoms with E-state index in [2.05, 4.69) is 17.6 Å². The summed E-state index contributed by atoms with van der Waals surface area (Å²) in [5.74, 6) is -2.10. The fourth-order valence-corrected chi connectivity index (χ4v) is 4.51. The fraction of sp³-hybridized carbons (Fsp3) is 0.750. The number of likely N-dealkylation sites (tertiary alicyclic amines) is 1. The number of hydrogen-bond acceptors (Lipinski definition) is 4. The molecule has 0 radical (unpaired) electrons. The van der Waals surface area contributed by atoms with Crippen LogP contribution in [0.4, 0.5) is 0 Å². The number of aliphatic hydroxyl groups is 1. The van der Waals surface area contributed by atoms with Gasteiger partial charge >= 0.3 is 0 Å². The van der Waals surface area contributed by atoms with Gasteiger partial charge < -0.3 is 20.6 Å². The molecule has 0 aromatic rings. The molecule has 7 nitrogen and oxygen atoms in total. The highest BCUT2D eigenvalue weighted by Gasteiger charge is 2.57. The molecule has 0 bridgehead atoms. The first kappa shape index (κ1) is 21.4. The van der Waals surface area contributed by atoms with Crippen LogP contribution in [0.15, 0.2) is 12.2 Å². The van der Waals surface area contributed by atoms with Gasteiger partial charge in [-0.3, -0.25) is 14.4 Å². The Bertz CT molecular complexity index is 604. The Balaban J connectivity index is 2.49. The summed E-state index contributed by atoms with van der Waals surface area (Å²) in [7, 11) is 1.58. The Morgan fingerprint density at radius 1 is 1.22 bits per heavy atom. The second-order valence-electron chi connectivity index (χ2n) is 7.97. The van der Waals surface area contributed by atoms with Crippen molar-refractivity contribution in [2.75, 3.05) is 13.7 Å². The van der Waals surface area contributed by atoms with Crippen molar-refractivity contribution in [3.8, 4) is 0 Å². The Labute approximate surface area is 161 Å². The van der Waals surface area contributed by atoms with E-state index in [9.17, 15) is 19.5 Å². The number of fused-ring (bicyclic) bond motifs is 1. The Hall–Kier alpha value is -1.89. The number of hydrogen-bond donors (Lipinski definition) is 3. The van der Waals surface area contributed by atoms with Gasteiger partial charge in [-0.05, 0) is 33.1 Å². The van der Waals surface area contributed by atoms with Crippen molar-refractivity contribution in [1.29, 1.82) is 0 Å². The van der Waals surface area contributed by atoms with Gasteiger partial charge in [0.15, 0.2) is 0 Å². The Morgan fingerprint density at radius 3 is 2.41 bits per heavy atom. The third-order valence-electron chi connectivity index (χ3n) is 5.66. The third-order valence-corrected chi connectivity index (χ3v) is 5.66. The van der Waals surface area contributed by atoms with E-state index in [0.29, 0.717) is 0 Å². The van der Waals surface area contributed by atoms with Crippen molar-refractivity contribution in [3.63, 3.8) is 0 Å². The molecule has 3 N–H and O–H groups in total. The minimum atomic E-state index is -0.710. The van der Waals surface area contributed by atoms with Crippen LogP contribution in [-0.4, -0.2) is 59.5 Å². The first-order valence-electron chi connectivity index (χ1n) is 9.91. The van der Waals surface area contributed by atoms with E-state index in [1.165, 1.54) is 4.90 Å². The van der Waals surface area contributed by atoms with Crippen LogP contribution in [0.3, 0.4) is 0 Å². The minimum absolute atomic E-state index is 0.0293. The van der Waals surface area contributed by atoms with Crippen LogP contribution >= 0.6 is 0 Å². The average Bonchev–Trinajstić information content (AvgIpc) is 2.93. The Morgan fingerprint density at radius 2 is 1.89 bits per heavy atom. The normalized spacial score (nSPS) is 31.0. The zero-order valence-electron chi connectivity index (χ0n) is 16.9. The summed E-state index contributed by atoms with van der Waals surface area (Å²) in [4.78, 5) is 40.4. The largest absolute Gasteiger partial charge is 0.394 e. The summed E-state index contributed by atoms with van der Waals surface area (Å²) >= 11 is 0. The van der Waals surface area contributed by atoms with Crippen molar-refractivity contribution in [3.05, 3.63) is 12.2 Å². The van der Waals surface area contributed by atoms with Gasteiger partial charge in [-0.1, -0.05) is 25.5 Å². The lowest BCUT2D eigenvalue weighted by molar-refractivity contribution is -0.143. The molecule has 1 heterocycles. The number of allylic oxidation sites excluding steroid dienone is 1. The lowest BCUT2D eigenvalue weighted by atomic mass is 9.68. The molecule has 7 heteroatoms. The Kier molecular flexibility index (Phi) is 7.03. The molecule has 2 rings (SSSR count). The lowest BCUT2D eigenvalue weighted by Crippen LogP contribution is -2.52. The van der Waals surface area contributed by atoms with Crippen LogP contribution in [0.25, 0.3) is 0 Å². The van der Waals surface area contributed by atoms with Crippen molar-refractivity contribution in [1.82, 2.24) is 15.5 Å². The first-order chi connectivity index (χ1) is 12.8. The zero-order valence-corrected chi connectivity index (χ0v) is 16.9. The van der Waals surface area contributed by atoms with Gasteiger partial charge in [-0.15, -0.1) is 0 Å². The number of rotatable bonds is 7. The number of aliphatic hydroxyl groups excluding tert-OH is 1. The minimum Gasteiger partial charge on any atom is -0.394 e. The molecule has 6 atom stereocenters. The first-order valence-corrected chi connectivity index (χ1v) is 9.91. The van der Waals surface area contributed by atoms with E-state index in [1.807, 2.05) is 26.0 Å². The van der Waals surface area contributed by atoms with Gasteiger partial charge in [0.1, 0.15) is 6.04 Å². The third kappa shape index (κ3) is 4.03. The van der Waals surface area contributed by atoms with Crippen LogP contribution < -0.4 is 10.6 Å². The van der Waals surface area contributed by atoms with Gasteiger partial charge in [0, 0.05) is 19.0 Å². The molecule has 27 heavy (non-hydrogen) atoms. The molecule has 0 saturated carbocycles. The highest BCUT2D eigenvalue weighted by molar-refractivity contribution is 5.97. The topological polar surface area (TPSA) is 98.7 Å². The van der Waals surface area contributed by atoms with E-state index in [1.54, 1.807) is 14.0 Å². The van der Waals surface area contributed by atoms with Crippen molar-refractivity contribution < 1.29 is 19.5 Å². The van der Waals surface area contributed by atoms with Crippen molar-refractivity contribution in [2.45, 2.75) is 58.7 Å². The second kappa shape index (κ2) is 8.87.